The normalized spacial score (nSPS) is 23.6. The maximum Gasteiger partial charge on any atom is 0.231 e. The van der Waals surface area contributed by atoms with Crippen LogP contribution >= 0.6 is 0 Å². The third kappa shape index (κ3) is 3.57. The smallest absolute Gasteiger partial charge is 0.231 e. The van der Waals surface area contributed by atoms with Gasteiger partial charge in [0.25, 0.3) is 0 Å². The SMILES string of the molecule is Cc1ccc2c(c1)c1c(n2CC(C(=O)N2CCCC2)c2cccnc2)CCC2CC1N(C)C2. The van der Waals surface area contributed by atoms with E-state index in [2.05, 4.69) is 57.6 Å². The zero-order valence-corrected chi connectivity index (χ0v) is 19.8. The lowest BCUT2D eigenvalue weighted by Crippen LogP contribution is -2.35. The van der Waals surface area contributed by atoms with Gasteiger partial charge in [-0.3, -0.25) is 14.7 Å². The van der Waals surface area contributed by atoms with Gasteiger partial charge < -0.3 is 9.47 Å². The number of aromatic nitrogens is 2. The Balaban J connectivity index is 1.49. The number of likely N-dealkylation sites (tertiary alicyclic amines) is 2. The van der Waals surface area contributed by atoms with E-state index < -0.39 is 0 Å². The largest absolute Gasteiger partial charge is 0.343 e. The predicted octanol–water partition coefficient (Wildman–Crippen LogP) is 4.69. The van der Waals surface area contributed by atoms with Crippen molar-refractivity contribution in [3.8, 4) is 0 Å². The maximum absolute atomic E-state index is 13.8. The Kier molecular flexibility index (Phi) is 5.25. The van der Waals surface area contributed by atoms with E-state index >= 15 is 0 Å². The number of nitrogens with zero attached hydrogens (tertiary/aromatic N) is 4. The Hall–Kier alpha value is -2.66. The molecule has 0 N–H and O–H groups in total. The summed E-state index contributed by atoms with van der Waals surface area (Å²) in [6, 6.07) is 11.4. The quantitative estimate of drug-likeness (QED) is 0.589. The van der Waals surface area contributed by atoms with Crippen LogP contribution in [0.4, 0.5) is 0 Å². The summed E-state index contributed by atoms with van der Waals surface area (Å²) in [5.41, 5.74) is 6.60. The lowest BCUT2D eigenvalue weighted by molar-refractivity contribution is -0.132. The standard InChI is InChI=1S/C28H34N4O/c1-19-7-9-24-22(14-19)27-25(10-8-20-15-26(27)30(2)17-20)32(24)18-23(21-6-5-11-29-16-21)28(33)31-12-3-4-13-31/h5-7,9,11,14,16,20,23,26H,3-4,8,10,12-13,15,17-18H2,1-2H3. The Bertz CT molecular complexity index is 1180. The van der Waals surface area contributed by atoms with Gasteiger partial charge in [-0.15, -0.1) is 0 Å². The highest BCUT2D eigenvalue weighted by Crippen LogP contribution is 2.46. The van der Waals surface area contributed by atoms with Crippen LogP contribution in [-0.2, 0) is 17.8 Å². The van der Waals surface area contributed by atoms with Crippen LogP contribution in [-0.4, -0.2) is 51.9 Å². The summed E-state index contributed by atoms with van der Waals surface area (Å²) in [4.78, 5) is 22.8. The number of amides is 1. The molecular formula is C28H34N4O. The third-order valence-electron chi connectivity index (χ3n) is 8.29. The highest BCUT2D eigenvalue weighted by Gasteiger charge is 2.38. The second-order valence-corrected chi connectivity index (χ2v) is 10.5. The number of aryl methyl sites for hydroxylation is 1. The maximum atomic E-state index is 13.8. The van der Waals surface area contributed by atoms with E-state index in [1.807, 2.05) is 12.3 Å². The zero-order chi connectivity index (χ0) is 22.5. The molecule has 5 heteroatoms. The minimum Gasteiger partial charge on any atom is -0.343 e. The summed E-state index contributed by atoms with van der Waals surface area (Å²) < 4.78 is 2.50. The Labute approximate surface area is 196 Å². The first-order valence-corrected chi connectivity index (χ1v) is 12.6. The van der Waals surface area contributed by atoms with Gasteiger partial charge in [-0.25, -0.2) is 0 Å². The number of hydrogen-bond donors (Lipinski definition) is 0. The molecule has 172 valence electrons. The average Bonchev–Trinajstić information content (AvgIpc) is 3.51. The van der Waals surface area contributed by atoms with Gasteiger partial charge in [-0.1, -0.05) is 17.7 Å². The molecule has 2 saturated heterocycles. The minimum atomic E-state index is -0.198. The van der Waals surface area contributed by atoms with Crippen LogP contribution in [0.1, 0.15) is 60.0 Å². The number of rotatable bonds is 4. The Morgan fingerprint density at radius 1 is 1.21 bits per heavy atom. The van der Waals surface area contributed by atoms with E-state index in [0.717, 1.165) is 43.8 Å². The van der Waals surface area contributed by atoms with Gasteiger partial charge in [0.1, 0.15) is 0 Å². The molecule has 1 aliphatic carbocycles. The van der Waals surface area contributed by atoms with Crippen molar-refractivity contribution in [2.45, 2.75) is 57.5 Å². The van der Waals surface area contributed by atoms with Crippen LogP contribution in [0.2, 0.25) is 0 Å². The van der Waals surface area contributed by atoms with E-state index in [4.69, 9.17) is 0 Å². The summed E-state index contributed by atoms with van der Waals surface area (Å²) in [7, 11) is 2.29. The summed E-state index contributed by atoms with van der Waals surface area (Å²) in [6.07, 6.45) is 9.52. The molecule has 6 rings (SSSR count). The monoisotopic (exact) mass is 442 g/mol. The van der Waals surface area contributed by atoms with Crippen molar-refractivity contribution in [1.82, 2.24) is 19.4 Å². The van der Waals surface area contributed by atoms with Gasteiger partial charge in [0.2, 0.25) is 5.91 Å². The van der Waals surface area contributed by atoms with Crippen molar-refractivity contribution in [1.29, 1.82) is 0 Å². The molecule has 3 unspecified atom stereocenters. The Morgan fingerprint density at radius 2 is 2.06 bits per heavy atom. The lowest BCUT2D eigenvalue weighted by Gasteiger charge is -2.26. The number of fused-ring (bicyclic) bond motifs is 6. The highest BCUT2D eigenvalue weighted by molar-refractivity contribution is 5.88. The molecule has 3 atom stereocenters. The van der Waals surface area contributed by atoms with Crippen LogP contribution in [0.15, 0.2) is 42.7 Å². The molecule has 3 aromatic rings. The first kappa shape index (κ1) is 20.9. The molecule has 1 aromatic carbocycles. The third-order valence-corrected chi connectivity index (χ3v) is 8.29. The average molecular weight is 443 g/mol. The summed E-state index contributed by atoms with van der Waals surface area (Å²) in [6.45, 7) is 5.85. The highest BCUT2D eigenvalue weighted by atomic mass is 16.2. The predicted molar refractivity (Wildman–Crippen MR) is 131 cm³/mol. The lowest BCUT2D eigenvalue weighted by atomic mass is 9.98. The van der Waals surface area contributed by atoms with Gasteiger partial charge in [0.05, 0.1) is 5.92 Å². The molecule has 2 bridgehead atoms. The molecule has 2 aliphatic heterocycles. The van der Waals surface area contributed by atoms with E-state index in [0.29, 0.717) is 12.6 Å². The van der Waals surface area contributed by atoms with Crippen molar-refractivity contribution < 1.29 is 4.79 Å². The first-order chi connectivity index (χ1) is 16.1. The summed E-state index contributed by atoms with van der Waals surface area (Å²) in [5, 5.41) is 1.39. The van der Waals surface area contributed by atoms with Crippen LogP contribution in [0.5, 0.6) is 0 Å². The molecule has 4 heterocycles. The van der Waals surface area contributed by atoms with Gasteiger partial charge in [0.15, 0.2) is 0 Å². The molecule has 0 spiro atoms. The molecule has 0 radical (unpaired) electrons. The van der Waals surface area contributed by atoms with Gasteiger partial charge in [-0.2, -0.15) is 0 Å². The van der Waals surface area contributed by atoms with Gasteiger partial charge in [0, 0.05) is 61.2 Å². The molecule has 0 saturated carbocycles. The van der Waals surface area contributed by atoms with E-state index in [1.165, 1.54) is 47.1 Å². The minimum absolute atomic E-state index is 0.198. The van der Waals surface area contributed by atoms with Gasteiger partial charge >= 0.3 is 0 Å². The van der Waals surface area contributed by atoms with Crippen LogP contribution in [0, 0.1) is 12.8 Å². The van der Waals surface area contributed by atoms with Crippen molar-refractivity contribution >= 4 is 16.8 Å². The number of carbonyl (C=O) groups excluding carboxylic acids is 1. The number of carbonyl (C=O) groups is 1. The second kappa shape index (κ2) is 8.28. The molecule has 2 aromatic heterocycles. The van der Waals surface area contributed by atoms with E-state index in [9.17, 15) is 4.79 Å². The van der Waals surface area contributed by atoms with E-state index in [-0.39, 0.29) is 11.8 Å². The van der Waals surface area contributed by atoms with Gasteiger partial charge in [-0.05, 0) is 81.3 Å². The van der Waals surface area contributed by atoms with Crippen molar-refractivity contribution in [2.24, 2.45) is 5.92 Å². The molecule has 5 nitrogen and oxygen atoms in total. The second-order valence-electron chi connectivity index (χ2n) is 10.5. The van der Waals surface area contributed by atoms with E-state index in [1.54, 1.807) is 6.20 Å². The zero-order valence-electron chi connectivity index (χ0n) is 19.8. The molecule has 2 fully saturated rings. The molecule has 1 amide bonds. The summed E-state index contributed by atoms with van der Waals surface area (Å²) in [5.74, 6) is 0.840. The van der Waals surface area contributed by atoms with Crippen LogP contribution in [0.25, 0.3) is 10.9 Å². The topological polar surface area (TPSA) is 41.4 Å². The van der Waals surface area contributed by atoms with Crippen LogP contribution < -0.4 is 0 Å². The fourth-order valence-electron chi connectivity index (χ4n) is 6.64. The fraction of sp³-hybridized carbons (Fsp3) is 0.500. The fourth-order valence-corrected chi connectivity index (χ4v) is 6.64. The molecule has 3 aliphatic rings. The summed E-state index contributed by atoms with van der Waals surface area (Å²) >= 11 is 0. The Morgan fingerprint density at radius 3 is 2.85 bits per heavy atom. The first-order valence-electron chi connectivity index (χ1n) is 12.6. The number of pyridine rings is 1. The van der Waals surface area contributed by atoms with Crippen molar-refractivity contribution in [3.05, 3.63) is 65.1 Å². The molecule has 33 heavy (non-hydrogen) atoms. The van der Waals surface area contributed by atoms with Crippen LogP contribution in [0.3, 0.4) is 0 Å². The van der Waals surface area contributed by atoms with Crippen molar-refractivity contribution in [2.75, 3.05) is 26.7 Å². The van der Waals surface area contributed by atoms with Crippen molar-refractivity contribution in [3.63, 3.8) is 0 Å². The number of benzene rings is 1. The molecular weight excluding hydrogens is 408 g/mol. The number of hydrogen-bond acceptors (Lipinski definition) is 3.